The van der Waals surface area contributed by atoms with Gasteiger partial charge >= 0.3 is 0 Å². The number of fused-ring (bicyclic) bond motifs is 21. The van der Waals surface area contributed by atoms with Crippen LogP contribution in [0, 0.1) is 0 Å². The number of nitrogens with zero attached hydrogens (tertiary/aromatic N) is 14. The normalized spacial score (nSPS) is 13.1. The molecular formula is C124H76N14O3. The van der Waals surface area contributed by atoms with Gasteiger partial charge in [-0.05, 0) is 373 Å². The number of aromatic nitrogens is 14. The summed E-state index contributed by atoms with van der Waals surface area (Å²) in [5.74, 6) is 0. The fraction of sp³-hybridized carbons (Fsp3) is 0.0968. The molecule has 33 aromatic rings. The zero-order chi connectivity index (χ0) is 94.0. The Hall–Kier alpha value is -18.0. The smallest absolute Gasteiger partial charge is 0.265 e. The van der Waals surface area contributed by atoms with Crippen LogP contribution in [0.15, 0.2) is 313 Å². The van der Waals surface area contributed by atoms with E-state index in [-0.39, 0.29) is 32.9 Å². The zero-order valence-corrected chi connectivity index (χ0v) is 77.8. The Morgan fingerprint density at radius 3 is 0.759 bits per heavy atom. The molecule has 0 aliphatic rings. The van der Waals surface area contributed by atoms with Crippen LogP contribution in [0.3, 0.4) is 0 Å². The van der Waals surface area contributed by atoms with Crippen LogP contribution < -0.4 is 16.7 Å². The lowest BCUT2D eigenvalue weighted by atomic mass is 9.87. The fourth-order valence-corrected chi connectivity index (χ4v) is 25.0. The van der Waals surface area contributed by atoms with E-state index < -0.39 is 0 Å². The molecule has 141 heavy (non-hydrogen) atoms. The summed E-state index contributed by atoms with van der Waals surface area (Å²) >= 11 is 0. The molecule has 0 unspecified atom stereocenters. The molecule has 0 spiro atoms. The van der Waals surface area contributed by atoms with E-state index in [1.54, 1.807) is 4.40 Å². The minimum absolute atomic E-state index is 0.0170. The van der Waals surface area contributed by atoms with Crippen LogP contribution in [0.4, 0.5) is 0 Å². The highest BCUT2D eigenvalue weighted by molar-refractivity contribution is 6.55. The van der Waals surface area contributed by atoms with E-state index in [1.807, 2.05) is 108 Å². The second-order valence-corrected chi connectivity index (χ2v) is 41.8. The van der Waals surface area contributed by atoms with Gasteiger partial charge in [0.25, 0.3) is 16.7 Å². The number of rotatable bonds is 6. The Bertz CT molecular complexity index is 10700. The van der Waals surface area contributed by atoms with Crippen molar-refractivity contribution in [3.05, 3.63) is 347 Å². The lowest BCUT2D eigenvalue weighted by Crippen LogP contribution is -2.14. The molecule has 0 atom stereocenters. The molecule has 14 heterocycles. The molecule has 0 saturated heterocycles. The summed E-state index contributed by atoms with van der Waals surface area (Å²) in [5, 5.41) is 40.0. The van der Waals surface area contributed by atoms with Gasteiger partial charge < -0.3 is 0 Å². The molecule has 0 amide bonds. The van der Waals surface area contributed by atoms with E-state index >= 15 is 0 Å². The molecule has 0 fully saturated rings. The van der Waals surface area contributed by atoms with Crippen molar-refractivity contribution in [3.8, 4) is 66.8 Å². The van der Waals surface area contributed by atoms with Crippen molar-refractivity contribution in [3.63, 3.8) is 0 Å². The van der Waals surface area contributed by atoms with Crippen molar-refractivity contribution < 1.29 is 0 Å². The van der Waals surface area contributed by atoms with Crippen molar-refractivity contribution in [2.75, 3.05) is 0 Å². The molecule has 0 aliphatic heterocycles. The lowest BCUT2D eigenvalue weighted by molar-refractivity contribution is 0.570. The molecule has 0 saturated carbocycles. The van der Waals surface area contributed by atoms with E-state index in [1.165, 1.54) is 124 Å². The predicted molar refractivity (Wildman–Crippen MR) is 577 cm³/mol. The van der Waals surface area contributed by atoms with Crippen LogP contribution in [0.5, 0.6) is 0 Å². The first-order valence-electron chi connectivity index (χ1n) is 47.9. The Morgan fingerprint density at radius 1 is 0.206 bits per heavy atom. The molecule has 0 aliphatic carbocycles. The van der Waals surface area contributed by atoms with Gasteiger partial charge in [0.1, 0.15) is 22.5 Å². The summed E-state index contributed by atoms with van der Waals surface area (Å²) in [4.78, 5) is 95.7. The van der Waals surface area contributed by atoms with Crippen molar-refractivity contribution in [1.82, 2.24) is 68.0 Å². The van der Waals surface area contributed by atoms with Crippen molar-refractivity contribution in [1.29, 1.82) is 0 Å². The highest BCUT2D eigenvalue weighted by Gasteiger charge is 2.37. The van der Waals surface area contributed by atoms with Crippen molar-refractivity contribution in [2.24, 2.45) is 0 Å². The van der Waals surface area contributed by atoms with Gasteiger partial charge in [-0.1, -0.05) is 141 Å². The van der Waals surface area contributed by atoms with Crippen LogP contribution in [0.2, 0.25) is 0 Å². The zero-order valence-electron chi connectivity index (χ0n) is 77.8. The van der Waals surface area contributed by atoms with Gasteiger partial charge in [0.15, 0.2) is 0 Å². The third kappa shape index (κ3) is 10.1. The average molecular weight is 1810 g/mol. The van der Waals surface area contributed by atoms with Crippen LogP contribution in [0.1, 0.15) is 79.3 Å². The van der Waals surface area contributed by atoms with E-state index in [0.29, 0.717) is 22.1 Å². The van der Waals surface area contributed by atoms with Gasteiger partial charge in [0, 0.05) is 113 Å². The third-order valence-electron chi connectivity index (χ3n) is 31.3. The quantitative estimate of drug-likeness (QED) is 0.142. The van der Waals surface area contributed by atoms with E-state index in [0.717, 1.165) is 182 Å². The summed E-state index contributed by atoms with van der Waals surface area (Å²) in [6, 6.07) is 75.7. The predicted octanol–water partition coefficient (Wildman–Crippen LogP) is 28.6. The topological polar surface area (TPSA) is 206 Å². The van der Waals surface area contributed by atoms with Gasteiger partial charge in [-0.2, -0.15) is 0 Å². The third-order valence-corrected chi connectivity index (χ3v) is 31.3. The van der Waals surface area contributed by atoms with Gasteiger partial charge in [-0.15, -0.1) is 0 Å². The van der Waals surface area contributed by atoms with Crippen LogP contribution in [-0.4, -0.2) is 68.0 Å². The highest BCUT2D eigenvalue weighted by atomic mass is 16.1. The number of benzene rings is 16. The SMILES string of the molecule is CC(C)(C)c1cc2c(cn1)nc1c3c4cc(-c5ccncc5)c5ccc6ccc7c(-c8ccncc8)cc(c3c(=O)n21)c1c7c6c5c41.CC(C)(C)c1cc2nc3c4c5cc(-c6ccncc6)c6ccc7ccc8c(-c9ccncc9)cc(c4c(=O)n3c2cn1)c1c8c7c6c51.CC(C)(C)c1ccc2c(c1)nc1c3c4cc(-c5ccncc5)c5ccc6ccc7c(-c8ccncc8)cc(c3c(=O)n21)c1c7c6c5c41. The molecule has 17 nitrogen and oxygen atoms in total. The minimum Gasteiger partial charge on any atom is -0.268 e. The summed E-state index contributed by atoms with van der Waals surface area (Å²) in [6.07, 6.45) is 25.7. The number of hydrogen-bond donors (Lipinski definition) is 0. The first-order valence-corrected chi connectivity index (χ1v) is 47.9. The molecular weight excluding hydrogens is 1730 g/mol. The minimum atomic E-state index is -0.174. The number of pyridine rings is 8. The summed E-state index contributed by atoms with van der Waals surface area (Å²) in [5.41, 5.74) is 22.6. The van der Waals surface area contributed by atoms with Gasteiger partial charge in [0.2, 0.25) is 0 Å². The molecule has 19 aromatic carbocycles. The molecule has 0 radical (unpaired) electrons. The number of imidazole rings is 3. The maximum Gasteiger partial charge on any atom is 0.265 e. The Morgan fingerprint density at radius 2 is 0.461 bits per heavy atom. The van der Waals surface area contributed by atoms with Gasteiger partial charge in [-0.3, -0.25) is 67.5 Å². The van der Waals surface area contributed by atoms with E-state index in [9.17, 15) is 14.4 Å². The summed E-state index contributed by atoms with van der Waals surface area (Å²) in [7, 11) is 0. The van der Waals surface area contributed by atoms with Crippen LogP contribution >= 0.6 is 0 Å². The Labute approximate surface area is 799 Å². The first kappa shape index (κ1) is 78.2. The molecule has 14 aromatic heterocycles. The van der Waals surface area contributed by atoms with Gasteiger partial charge in [-0.25, -0.2) is 15.0 Å². The molecule has 17 heteroatoms. The fourth-order valence-electron chi connectivity index (χ4n) is 25.0. The Balaban J connectivity index is 0.0000000972. The Kier molecular flexibility index (Phi) is 14.9. The van der Waals surface area contributed by atoms with Crippen LogP contribution in [-0.2, 0) is 16.2 Å². The maximum absolute atomic E-state index is 15.0. The monoisotopic (exact) mass is 1810 g/mol. The molecule has 0 bridgehead atoms. The second-order valence-electron chi connectivity index (χ2n) is 41.8. The largest absolute Gasteiger partial charge is 0.268 e. The van der Waals surface area contributed by atoms with Crippen molar-refractivity contribution in [2.45, 2.75) is 78.6 Å². The standard InChI is InChI=1S/C42H26N4O.2C41H25N5O/c1-42(2,3)24-6-9-32-31(18-24)45-40-38-29-19-27(21-10-14-43-15-11-21)25-7-4-23-5-8-26-28(22-12-16-44-17-13-22)20-30(39(38)41(47)46(32)40)37-35(26)33(23)34(25)36(29)37;1-41(2,3)31-18-30-29(19-44-31)45-39-37-27-16-25(20-8-12-42-13-9-20)23-6-4-22-5-7-24-26(21-10-14-43-15-11-21)17-28(38(37)40(47)46(30)39)36-34(24)32(22)33(23)35(27)36;1-41(2,3)31-18-29-30(19-44-31)46-39(45-29)37-27-16-25(20-8-12-42-13-9-20)23-6-4-22-5-7-24-26(21-10-14-43-15-11-21)17-28(38(37)40(46)47)36-34(24)32(22)33(23)35(27)36/h4-20H,1-3H3;2*4-19H,1-3H3. The molecule has 0 N–H and O–H groups in total. The van der Waals surface area contributed by atoms with E-state index in [2.05, 4.69) is 292 Å². The molecule has 33 rings (SSSR count). The van der Waals surface area contributed by atoms with Crippen LogP contribution in [0.25, 0.3) is 311 Å². The average Bonchev–Trinajstić information content (AvgIpc) is 1.50. The highest BCUT2D eigenvalue weighted by Crippen LogP contribution is 2.60. The summed E-state index contributed by atoms with van der Waals surface area (Å²) in [6.45, 7) is 19.5. The summed E-state index contributed by atoms with van der Waals surface area (Å²) < 4.78 is 5.47. The number of hydrogen-bond acceptors (Lipinski definition) is 14. The van der Waals surface area contributed by atoms with E-state index in [4.69, 9.17) is 24.9 Å². The molecule has 660 valence electrons. The lowest BCUT2D eigenvalue weighted by Gasteiger charge is -2.18. The first-order chi connectivity index (χ1) is 68.6. The maximum atomic E-state index is 15.0. The van der Waals surface area contributed by atoms with Crippen molar-refractivity contribution >= 4 is 244 Å². The second kappa shape index (κ2) is 26.9. The van der Waals surface area contributed by atoms with Gasteiger partial charge in [0.05, 0.1) is 56.1 Å².